The summed E-state index contributed by atoms with van der Waals surface area (Å²) in [5.74, 6) is 0. The van der Waals surface area contributed by atoms with E-state index in [4.69, 9.17) is 4.74 Å². The molecule has 0 aliphatic carbocycles. The Morgan fingerprint density at radius 1 is 1.33 bits per heavy atom. The molecule has 1 aromatic carbocycles. The van der Waals surface area contributed by atoms with Crippen molar-refractivity contribution in [2.24, 2.45) is 0 Å². The van der Waals surface area contributed by atoms with Gasteiger partial charge in [-0.25, -0.2) is 4.79 Å². The van der Waals surface area contributed by atoms with Crippen molar-refractivity contribution in [2.75, 3.05) is 13.1 Å². The Labute approximate surface area is 127 Å². The molecule has 21 heavy (non-hydrogen) atoms. The van der Waals surface area contributed by atoms with Crippen molar-refractivity contribution in [1.82, 2.24) is 10.2 Å². The second-order valence-electron chi connectivity index (χ2n) is 6.98. The predicted molar refractivity (Wildman–Crippen MR) is 84.1 cm³/mol. The van der Waals surface area contributed by atoms with E-state index in [9.17, 15) is 4.79 Å². The summed E-state index contributed by atoms with van der Waals surface area (Å²) in [7, 11) is 0. The van der Waals surface area contributed by atoms with Crippen LogP contribution in [0.1, 0.15) is 39.7 Å². The molecule has 1 amide bonds. The Kier molecular flexibility index (Phi) is 4.57. The molecule has 1 heterocycles. The number of hydrogen-bond donors (Lipinski definition) is 1. The van der Waals surface area contributed by atoms with Gasteiger partial charge in [0.05, 0.1) is 5.54 Å². The van der Waals surface area contributed by atoms with Crippen LogP contribution in [-0.2, 0) is 11.3 Å². The first-order valence-corrected chi connectivity index (χ1v) is 7.55. The van der Waals surface area contributed by atoms with Crippen LogP contribution >= 0.6 is 0 Å². The van der Waals surface area contributed by atoms with Gasteiger partial charge in [-0.3, -0.25) is 4.90 Å². The SMILES string of the molecule is CC(C)(C)OC(=O)N(Cc1ccccc1)C1(C)CCNC1. The lowest BCUT2D eigenvalue weighted by Crippen LogP contribution is -2.52. The molecule has 1 N–H and O–H groups in total. The topological polar surface area (TPSA) is 41.6 Å². The van der Waals surface area contributed by atoms with Gasteiger partial charge in [0.2, 0.25) is 0 Å². The largest absolute Gasteiger partial charge is 0.444 e. The maximum Gasteiger partial charge on any atom is 0.411 e. The van der Waals surface area contributed by atoms with Gasteiger partial charge in [0, 0.05) is 13.1 Å². The van der Waals surface area contributed by atoms with Crippen LogP contribution in [0.25, 0.3) is 0 Å². The normalized spacial score (nSPS) is 22.1. The van der Waals surface area contributed by atoms with Crippen LogP contribution in [0.3, 0.4) is 0 Å². The quantitative estimate of drug-likeness (QED) is 0.929. The zero-order chi connectivity index (χ0) is 15.5. The summed E-state index contributed by atoms with van der Waals surface area (Å²) < 4.78 is 5.61. The fourth-order valence-electron chi connectivity index (χ4n) is 2.59. The minimum absolute atomic E-state index is 0.196. The molecule has 1 saturated heterocycles. The van der Waals surface area contributed by atoms with E-state index >= 15 is 0 Å². The lowest BCUT2D eigenvalue weighted by atomic mass is 9.98. The molecule has 1 atom stereocenters. The number of rotatable bonds is 3. The molecule has 0 bridgehead atoms. The molecule has 1 aliphatic heterocycles. The van der Waals surface area contributed by atoms with Crippen molar-refractivity contribution >= 4 is 6.09 Å². The van der Waals surface area contributed by atoms with Crippen LogP contribution in [0.4, 0.5) is 4.79 Å². The fraction of sp³-hybridized carbons (Fsp3) is 0.588. The van der Waals surface area contributed by atoms with Crippen LogP contribution in [0.2, 0.25) is 0 Å². The van der Waals surface area contributed by atoms with Crippen LogP contribution in [0, 0.1) is 0 Å². The first-order valence-electron chi connectivity index (χ1n) is 7.55. The number of benzene rings is 1. The smallest absolute Gasteiger partial charge is 0.411 e. The molecule has 0 aromatic heterocycles. The minimum atomic E-state index is -0.478. The monoisotopic (exact) mass is 290 g/mol. The summed E-state index contributed by atoms with van der Waals surface area (Å²) in [6.45, 7) is 10.2. The highest BCUT2D eigenvalue weighted by atomic mass is 16.6. The van der Waals surface area contributed by atoms with Gasteiger partial charge in [-0.15, -0.1) is 0 Å². The third kappa shape index (κ3) is 4.21. The zero-order valence-corrected chi connectivity index (χ0v) is 13.5. The number of hydrogen-bond acceptors (Lipinski definition) is 3. The summed E-state index contributed by atoms with van der Waals surface area (Å²) >= 11 is 0. The molecule has 1 aliphatic rings. The highest BCUT2D eigenvalue weighted by Crippen LogP contribution is 2.27. The van der Waals surface area contributed by atoms with Crippen molar-refractivity contribution in [2.45, 2.75) is 51.8 Å². The second-order valence-corrected chi connectivity index (χ2v) is 6.98. The van der Waals surface area contributed by atoms with Crippen molar-refractivity contribution in [3.8, 4) is 0 Å². The summed E-state index contributed by atoms with van der Waals surface area (Å²) in [6.07, 6.45) is 0.705. The number of carbonyl (C=O) groups excluding carboxylic acids is 1. The van der Waals surface area contributed by atoms with E-state index in [0.717, 1.165) is 25.1 Å². The van der Waals surface area contributed by atoms with Gasteiger partial charge in [0.25, 0.3) is 0 Å². The molecule has 0 saturated carbocycles. The van der Waals surface area contributed by atoms with Crippen molar-refractivity contribution < 1.29 is 9.53 Å². The second kappa shape index (κ2) is 6.06. The maximum atomic E-state index is 12.6. The molecule has 1 aromatic rings. The lowest BCUT2D eigenvalue weighted by Gasteiger charge is -2.38. The highest BCUT2D eigenvalue weighted by Gasteiger charge is 2.39. The van der Waals surface area contributed by atoms with Crippen LogP contribution in [0.15, 0.2) is 30.3 Å². The summed E-state index contributed by atoms with van der Waals surface area (Å²) in [6, 6.07) is 10.1. The third-order valence-electron chi connectivity index (χ3n) is 3.80. The maximum absolute atomic E-state index is 12.6. The van der Waals surface area contributed by atoms with E-state index in [1.807, 2.05) is 56.0 Å². The van der Waals surface area contributed by atoms with E-state index in [2.05, 4.69) is 12.2 Å². The van der Waals surface area contributed by atoms with Gasteiger partial charge in [-0.05, 0) is 46.2 Å². The molecule has 1 unspecified atom stereocenters. The Hall–Kier alpha value is -1.55. The van der Waals surface area contributed by atoms with E-state index in [0.29, 0.717) is 6.54 Å². The molecule has 2 rings (SSSR count). The van der Waals surface area contributed by atoms with Gasteiger partial charge in [-0.2, -0.15) is 0 Å². The predicted octanol–water partition coefficient (Wildman–Crippen LogP) is 3.18. The molecule has 0 spiro atoms. The van der Waals surface area contributed by atoms with Gasteiger partial charge in [-0.1, -0.05) is 30.3 Å². The highest BCUT2D eigenvalue weighted by molar-refractivity contribution is 5.69. The standard InChI is InChI=1S/C17H26N2O2/c1-16(2,3)21-15(20)19(17(4)10-11-18-13-17)12-14-8-6-5-7-9-14/h5-9,18H,10-13H2,1-4H3. The van der Waals surface area contributed by atoms with Crippen molar-refractivity contribution in [3.05, 3.63) is 35.9 Å². The average Bonchev–Trinajstić information content (AvgIpc) is 2.83. The Bertz CT molecular complexity index is 473. The van der Waals surface area contributed by atoms with E-state index in [1.165, 1.54) is 0 Å². The van der Waals surface area contributed by atoms with Gasteiger partial charge in [0.1, 0.15) is 5.60 Å². The molecule has 1 fully saturated rings. The van der Waals surface area contributed by atoms with Crippen molar-refractivity contribution in [3.63, 3.8) is 0 Å². The molecular weight excluding hydrogens is 264 g/mol. The number of amides is 1. The van der Waals surface area contributed by atoms with Gasteiger partial charge in [0.15, 0.2) is 0 Å². The molecular formula is C17H26N2O2. The van der Waals surface area contributed by atoms with E-state index in [-0.39, 0.29) is 11.6 Å². The molecule has 0 radical (unpaired) electrons. The van der Waals surface area contributed by atoms with Crippen molar-refractivity contribution in [1.29, 1.82) is 0 Å². The Balaban J connectivity index is 2.20. The molecule has 4 heteroatoms. The van der Waals surface area contributed by atoms with E-state index in [1.54, 1.807) is 0 Å². The Morgan fingerprint density at radius 2 is 2.00 bits per heavy atom. The summed E-state index contributed by atoms with van der Waals surface area (Å²) in [5.41, 5.74) is 0.448. The third-order valence-corrected chi connectivity index (χ3v) is 3.80. The van der Waals surface area contributed by atoms with E-state index < -0.39 is 5.60 Å². The number of carbonyl (C=O) groups is 1. The zero-order valence-electron chi connectivity index (χ0n) is 13.5. The number of nitrogens with one attached hydrogen (secondary N) is 1. The lowest BCUT2D eigenvalue weighted by molar-refractivity contribution is 0.000578. The first-order chi connectivity index (χ1) is 9.80. The molecule has 116 valence electrons. The van der Waals surface area contributed by atoms with Crippen LogP contribution in [0.5, 0.6) is 0 Å². The first kappa shape index (κ1) is 15.8. The van der Waals surface area contributed by atoms with Gasteiger partial charge >= 0.3 is 6.09 Å². The van der Waals surface area contributed by atoms with Crippen LogP contribution in [-0.4, -0.2) is 35.2 Å². The van der Waals surface area contributed by atoms with Crippen LogP contribution < -0.4 is 5.32 Å². The summed E-state index contributed by atoms with van der Waals surface area (Å²) in [5, 5.41) is 3.35. The number of nitrogens with zero attached hydrogens (tertiary/aromatic N) is 1. The fourth-order valence-corrected chi connectivity index (χ4v) is 2.59. The average molecular weight is 290 g/mol. The Morgan fingerprint density at radius 3 is 2.52 bits per heavy atom. The van der Waals surface area contributed by atoms with Gasteiger partial charge < -0.3 is 10.1 Å². The number of ether oxygens (including phenoxy) is 1. The summed E-state index contributed by atoms with van der Waals surface area (Å²) in [4.78, 5) is 14.5. The molecule has 4 nitrogen and oxygen atoms in total. The minimum Gasteiger partial charge on any atom is -0.444 e.